The fourth-order valence-electron chi connectivity index (χ4n) is 1.68. The second-order valence-electron chi connectivity index (χ2n) is 4.64. The molecule has 2 rings (SSSR count). The third kappa shape index (κ3) is 3.13. The molecule has 0 amide bonds. The second kappa shape index (κ2) is 4.86. The Kier molecular flexibility index (Phi) is 3.51. The molecule has 0 aliphatic rings. The zero-order chi connectivity index (χ0) is 15.0. The first-order valence-corrected chi connectivity index (χ1v) is 5.63. The highest BCUT2D eigenvalue weighted by atomic mass is 19.4. The van der Waals surface area contributed by atoms with E-state index in [1.807, 2.05) is 0 Å². The molecular weight excluding hydrogens is 278 g/mol. The quantitative estimate of drug-likeness (QED) is 0.882. The van der Waals surface area contributed by atoms with Gasteiger partial charge < -0.3 is 10.3 Å². The Morgan fingerprint density at radius 3 is 2.30 bits per heavy atom. The molecular formula is C12H11F4N3O. The lowest BCUT2D eigenvalue weighted by Crippen LogP contribution is -2.36. The van der Waals surface area contributed by atoms with Gasteiger partial charge in [-0.25, -0.2) is 4.39 Å². The zero-order valence-electron chi connectivity index (χ0n) is 10.4. The van der Waals surface area contributed by atoms with Gasteiger partial charge in [-0.1, -0.05) is 17.3 Å². The van der Waals surface area contributed by atoms with Crippen LogP contribution in [0.15, 0.2) is 28.8 Å². The van der Waals surface area contributed by atoms with Crippen molar-refractivity contribution < 1.29 is 22.1 Å². The van der Waals surface area contributed by atoms with Crippen molar-refractivity contribution in [3.63, 3.8) is 0 Å². The van der Waals surface area contributed by atoms with Crippen LogP contribution in [0, 0.1) is 5.82 Å². The van der Waals surface area contributed by atoms with Crippen molar-refractivity contribution in [2.75, 3.05) is 0 Å². The van der Waals surface area contributed by atoms with Crippen molar-refractivity contribution in [3.05, 3.63) is 47.4 Å². The van der Waals surface area contributed by atoms with Crippen LogP contribution >= 0.6 is 0 Å². The van der Waals surface area contributed by atoms with Gasteiger partial charge in [-0.3, -0.25) is 0 Å². The Morgan fingerprint density at radius 1 is 1.20 bits per heavy atom. The van der Waals surface area contributed by atoms with Gasteiger partial charge in [0, 0.05) is 0 Å². The Morgan fingerprint density at radius 2 is 1.80 bits per heavy atom. The summed E-state index contributed by atoms with van der Waals surface area (Å²) >= 11 is 0. The van der Waals surface area contributed by atoms with E-state index in [0.29, 0.717) is 5.56 Å². The van der Waals surface area contributed by atoms with Crippen molar-refractivity contribution >= 4 is 0 Å². The Bertz CT molecular complexity index is 589. The highest BCUT2D eigenvalue weighted by Crippen LogP contribution is 2.29. The molecule has 20 heavy (non-hydrogen) atoms. The largest absolute Gasteiger partial charge is 0.471 e. The lowest BCUT2D eigenvalue weighted by atomic mass is 9.93. The second-order valence-corrected chi connectivity index (χ2v) is 4.64. The molecule has 0 saturated carbocycles. The van der Waals surface area contributed by atoms with Crippen molar-refractivity contribution in [1.29, 1.82) is 0 Å². The molecule has 0 saturated heterocycles. The summed E-state index contributed by atoms with van der Waals surface area (Å²) in [5.74, 6) is -2.11. The van der Waals surface area contributed by atoms with Gasteiger partial charge >= 0.3 is 12.1 Å². The molecule has 108 valence electrons. The van der Waals surface area contributed by atoms with Crippen LogP contribution in [0.5, 0.6) is 0 Å². The van der Waals surface area contributed by atoms with Gasteiger partial charge in [-0.15, -0.1) is 0 Å². The average molecular weight is 289 g/mol. The maximum Gasteiger partial charge on any atom is 0.471 e. The summed E-state index contributed by atoms with van der Waals surface area (Å²) in [7, 11) is 0. The minimum atomic E-state index is -4.71. The fraction of sp³-hybridized carbons (Fsp3) is 0.333. The number of alkyl halides is 3. The molecule has 0 fully saturated rings. The van der Waals surface area contributed by atoms with Gasteiger partial charge in [-0.2, -0.15) is 18.2 Å². The first-order valence-electron chi connectivity index (χ1n) is 5.63. The van der Waals surface area contributed by atoms with E-state index < -0.39 is 23.4 Å². The first-order chi connectivity index (χ1) is 9.18. The van der Waals surface area contributed by atoms with Crippen LogP contribution in [-0.2, 0) is 18.1 Å². The van der Waals surface area contributed by atoms with E-state index in [1.54, 1.807) is 0 Å². The van der Waals surface area contributed by atoms with Crippen LogP contribution in [0.1, 0.15) is 24.2 Å². The topological polar surface area (TPSA) is 64.9 Å². The third-order valence-corrected chi connectivity index (χ3v) is 2.66. The predicted octanol–water partition coefficient (Wildman–Crippen LogP) is 2.64. The highest BCUT2D eigenvalue weighted by Gasteiger charge is 2.40. The summed E-state index contributed by atoms with van der Waals surface area (Å²) in [6, 6.07) is 5.46. The highest BCUT2D eigenvalue weighted by molar-refractivity contribution is 5.20. The molecule has 2 aromatic rings. The molecule has 2 N–H and O–H groups in total. The zero-order valence-corrected chi connectivity index (χ0v) is 10.4. The molecule has 1 aromatic heterocycles. The molecule has 0 aliphatic carbocycles. The van der Waals surface area contributed by atoms with Crippen molar-refractivity contribution in [2.24, 2.45) is 5.73 Å². The average Bonchev–Trinajstić information content (AvgIpc) is 2.82. The molecule has 8 heteroatoms. The maximum atomic E-state index is 12.8. The number of benzene rings is 1. The molecule has 1 atom stereocenters. The van der Waals surface area contributed by atoms with Gasteiger partial charge in [0.25, 0.3) is 0 Å². The Hall–Kier alpha value is -1.96. The summed E-state index contributed by atoms with van der Waals surface area (Å²) < 4.78 is 54.1. The monoisotopic (exact) mass is 289 g/mol. The van der Waals surface area contributed by atoms with E-state index in [4.69, 9.17) is 5.73 Å². The van der Waals surface area contributed by atoms with Crippen LogP contribution in [0.2, 0.25) is 0 Å². The number of hydrogen-bond acceptors (Lipinski definition) is 4. The minimum absolute atomic E-state index is 0.143. The molecule has 1 unspecified atom stereocenters. The smallest absolute Gasteiger partial charge is 0.329 e. The minimum Gasteiger partial charge on any atom is -0.329 e. The SMILES string of the molecule is CC(N)(Cc1ccc(F)cc1)c1noc(C(F)(F)F)n1. The number of nitrogens with zero attached hydrogens (tertiary/aromatic N) is 2. The Balaban J connectivity index is 2.21. The summed E-state index contributed by atoms with van der Waals surface area (Å²) in [4.78, 5) is 3.27. The summed E-state index contributed by atoms with van der Waals surface area (Å²) in [6.45, 7) is 1.47. The molecule has 0 aliphatic heterocycles. The standard InChI is InChI=1S/C12H11F4N3O/c1-11(17,6-7-2-4-8(13)5-3-7)9-18-10(20-19-9)12(14,15)16/h2-5H,6,17H2,1H3. The molecule has 0 bridgehead atoms. The van der Waals surface area contributed by atoms with E-state index in [2.05, 4.69) is 14.7 Å². The summed E-state index contributed by atoms with van der Waals surface area (Å²) in [5.41, 5.74) is 5.31. The van der Waals surface area contributed by atoms with Crippen LogP contribution in [0.3, 0.4) is 0 Å². The third-order valence-electron chi connectivity index (χ3n) is 2.66. The maximum absolute atomic E-state index is 12.8. The number of halogens is 4. The van der Waals surface area contributed by atoms with Crippen LogP contribution in [-0.4, -0.2) is 10.1 Å². The number of nitrogens with two attached hydrogens (primary N) is 1. The van der Waals surface area contributed by atoms with Crippen LogP contribution in [0.25, 0.3) is 0 Å². The lowest BCUT2D eigenvalue weighted by molar-refractivity contribution is -0.159. The van der Waals surface area contributed by atoms with Crippen LogP contribution < -0.4 is 5.73 Å². The van der Waals surface area contributed by atoms with E-state index in [9.17, 15) is 17.6 Å². The fourth-order valence-corrected chi connectivity index (χ4v) is 1.68. The lowest BCUT2D eigenvalue weighted by Gasteiger charge is -2.20. The van der Waals surface area contributed by atoms with E-state index in [-0.39, 0.29) is 12.2 Å². The van der Waals surface area contributed by atoms with Crippen molar-refractivity contribution in [3.8, 4) is 0 Å². The molecule has 0 spiro atoms. The predicted molar refractivity (Wildman–Crippen MR) is 60.9 cm³/mol. The van der Waals surface area contributed by atoms with Gasteiger partial charge in [0.2, 0.25) is 0 Å². The molecule has 1 aromatic carbocycles. The summed E-state index contributed by atoms with van der Waals surface area (Å²) in [5, 5.41) is 3.26. The first kappa shape index (κ1) is 14.4. The van der Waals surface area contributed by atoms with Crippen molar-refractivity contribution in [1.82, 2.24) is 10.1 Å². The van der Waals surface area contributed by atoms with E-state index in [1.165, 1.54) is 31.2 Å². The van der Waals surface area contributed by atoms with E-state index in [0.717, 1.165) is 0 Å². The van der Waals surface area contributed by atoms with Gasteiger partial charge in [0.05, 0.1) is 5.54 Å². The van der Waals surface area contributed by atoms with E-state index >= 15 is 0 Å². The summed E-state index contributed by atoms with van der Waals surface area (Å²) in [6.07, 6.45) is -4.57. The van der Waals surface area contributed by atoms with Gasteiger partial charge in [-0.05, 0) is 31.0 Å². The number of aromatic nitrogens is 2. The van der Waals surface area contributed by atoms with Crippen LogP contribution in [0.4, 0.5) is 17.6 Å². The van der Waals surface area contributed by atoms with Gasteiger partial charge in [0.1, 0.15) is 5.82 Å². The number of hydrogen-bond donors (Lipinski definition) is 1. The number of rotatable bonds is 3. The normalized spacial score (nSPS) is 15.1. The van der Waals surface area contributed by atoms with Crippen molar-refractivity contribution in [2.45, 2.75) is 25.1 Å². The Labute approximate surface area is 111 Å². The molecule has 1 heterocycles. The molecule has 4 nitrogen and oxygen atoms in total. The van der Waals surface area contributed by atoms with Gasteiger partial charge in [0.15, 0.2) is 5.82 Å². The molecule has 0 radical (unpaired) electrons.